The monoisotopic (exact) mass is 329 g/mol. The number of hydrogen-bond acceptors (Lipinski definition) is 3. The quantitative estimate of drug-likeness (QED) is 0.822. The summed E-state index contributed by atoms with van der Waals surface area (Å²) in [6.07, 6.45) is 3.71. The standard InChI is InChI=1S/C19H27N3O2/c1-6-7-9-20-18(24)15-11-14(19(3,4)5)12-16(17(15)23)22-10-8-13(2)21-22/h8,10-12,23H,6-7,9H2,1-5H3,(H,20,24). The first kappa shape index (κ1) is 18.0. The number of carbonyl (C=O) groups is 1. The number of benzene rings is 1. The molecule has 0 saturated heterocycles. The summed E-state index contributed by atoms with van der Waals surface area (Å²) in [5, 5.41) is 17.9. The zero-order valence-corrected chi connectivity index (χ0v) is 15.2. The number of hydrogen-bond donors (Lipinski definition) is 2. The van der Waals surface area contributed by atoms with E-state index < -0.39 is 0 Å². The van der Waals surface area contributed by atoms with Gasteiger partial charge in [0, 0.05) is 12.7 Å². The maximum atomic E-state index is 12.5. The molecule has 0 unspecified atom stereocenters. The van der Waals surface area contributed by atoms with Crippen molar-refractivity contribution in [2.45, 2.75) is 52.9 Å². The molecule has 1 aromatic heterocycles. The molecule has 24 heavy (non-hydrogen) atoms. The smallest absolute Gasteiger partial charge is 0.255 e. The van der Waals surface area contributed by atoms with Crippen LogP contribution >= 0.6 is 0 Å². The summed E-state index contributed by atoms with van der Waals surface area (Å²) in [7, 11) is 0. The van der Waals surface area contributed by atoms with Crippen LogP contribution in [0.1, 0.15) is 62.2 Å². The van der Waals surface area contributed by atoms with Crippen LogP contribution in [0.5, 0.6) is 5.75 Å². The van der Waals surface area contributed by atoms with Crippen molar-refractivity contribution in [3.8, 4) is 11.4 Å². The van der Waals surface area contributed by atoms with E-state index in [-0.39, 0.29) is 17.1 Å². The van der Waals surface area contributed by atoms with Gasteiger partial charge in [-0.3, -0.25) is 4.79 Å². The summed E-state index contributed by atoms with van der Waals surface area (Å²) in [5.74, 6) is -0.294. The summed E-state index contributed by atoms with van der Waals surface area (Å²) in [6, 6.07) is 5.53. The van der Waals surface area contributed by atoms with Crippen molar-refractivity contribution in [1.82, 2.24) is 15.1 Å². The Morgan fingerprint density at radius 2 is 2.04 bits per heavy atom. The molecule has 0 saturated carbocycles. The summed E-state index contributed by atoms with van der Waals surface area (Å²) >= 11 is 0. The third-order valence-electron chi connectivity index (χ3n) is 3.99. The number of nitrogens with zero attached hydrogens (tertiary/aromatic N) is 2. The Labute approximate surface area is 143 Å². The minimum Gasteiger partial charge on any atom is -0.505 e. The Bertz CT molecular complexity index is 727. The molecule has 130 valence electrons. The number of phenolic OH excluding ortho intramolecular Hbond substituents is 1. The Balaban J connectivity index is 2.51. The van der Waals surface area contributed by atoms with Gasteiger partial charge in [-0.2, -0.15) is 5.10 Å². The second-order valence-electron chi connectivity index (χ2n) is 7.15. The van der Waals surface area contributed by atoms with Crippen LogP contribution < -0.4 is 5.32 Å². The molecule has 2 rings (SSSR count). The number of rotatable bonds is 5. The van der Waals surface area contributed by atoms with E-state index in [0.717, 1.165) is 24.1 Å². The largest absolute Gasteiger partial charge is 0.505 e. The molecule has 2 aromatic rings. The van der Waals surface area contributed by atoms with E-state index in [1.807, 2.05) is 19.1 Å². The fraction of sp³-hybridized carbons (Fsp3) is 0.474. The highest BCUT2D eigenvalue weighted by Gasteiger charge is 2.23. The number of unbranched alkanes of at least 4 members (excludes halogenated alkanes) is 1. The molecule has 0 radical (unpaired) electrons. The lowest BCUT2D eigenvalue weighted by Gasteiger charge is -2.22. The number of aryl methyl sites for hydroxylation is 1. The second-order valence-corrected chi connectivity index (χ2v) is 7.15. The van der Waals surface area contributed by atoms with E-state index in [2.05, 4.69) is 38.1 Å². The zero-order chi connectivity index (χ0) is 17.9. The summed E-state index contributed by atoms with van der Waals surface area (Å²) in [5.41, 5.74) is 2.50. The lowest BCUT2D eigenvalue weighted by molar-refractivity contribution is 0.0950. The first-order valence-electron chi connectivity index (χ1n) is 8.42. The number of phenols is 1. The third-order valence-corrected chi connectivity index (χ3v) is 3.99. The summed E-state index contributed by atoms with van der Waals surface area (Å²) in [6.45, 7) is 10.8. The van der Waals surface area contributed by atoms with Crippen molar-refractivity contribution < 1.29 is 9.90 Å². The normalized spacial score (nSPS) is 11.5. The van der Waals surface area contributed by atoms with Crippen molar-refractivity contribution in [2.24, 2.45) is 0 Å². The Morgan fingerprint density at radius 1 is 1.33 bits per heavy atom. The van der Waals surface area contributed by atoms with Crippen LogP contribution in [-0.2, 0) is 5.41 Å². The minimum absolute atomic E-state index is 0.0416. The van der Waals surface area contributed by atoms with Gasteiger partial charge in [-0.25, -0.2) is 4.68 Å². The van der Waals surface area contributed by atoms with Gasteiger partial charge in [-0.1, -0.05) is 34.1 Å². The lowest BCUT2D eigenvalue weighted by atomic mass is 9.85. The molecular formula is C19H27N3O2. The van der Waals surface area contributed by atoms with E-state index >= 15 is 0 Å². The number of amides is 1. The Kier molecular flexibility index (Phi) is 5.32. The van der Waals surface area contributed by atoms with Crippen LogP contribution in [0.15, 0.2) is 24.4 Å². The molecular weight excluding hydrogens is 302 g/mol. The van der Waals surface area contributed by atoms with Gasteiger partial charge in [0.1, 0.15) is 5.69 Å². The molecule has 0 aliphatic heterocycles. The second kappa shape index (κ2) is 7.07. The molecule has 0 fully saturated rings. The maximum absolute atomic E-state index is 12.5. The molecule has 0 aliphatic rings. The first-order chi connectivity index (χ1) is 11.2. The average Bonchev–Trinajstić information content (AvgIpc) is 2.92. The highest BCUT2D eigenvalue weighted by atomic mass is 16.3. The van der Waals surface area contributed by atoms with E-state index in [0.29, 0.717) is 17.8 Å². The number of nitrogens with one attached hydrogen (secondary N) is 1. The highest BCUT2D eigenvalue weighted by Crippen LogP contribution is 2.33. The van der Waals surface area contributed by atoms with Gasteiger partial charge in [0.15, 0.2) is 5.75 Å². The van der Waals surface area contributed by atoms with Gasteiger partial charge in [-0.15, -0.1) is 0 Å². The van der Waals surface area contributed by atoms with E-state index in [1.54, 1.807) is 16.9 Å². The molecule has 2 N–H and O–H groups in total. The van der Waals surface area contributed by atoms with Crippen molar-refractivity contribution in [2.75, 3.05) is 6.54 Å². The molecule has 1 heterocycles. The zero-order valence-electron chi connectivity index (χ0n) is 15.2. The topological polar surface area (TPSA) is 67.2 Å². The van der Waals surface area contributed by atoms with Crippen LogP contribution in [0.4, 0.5) is 0 Å². The maximum Gasteiger partial charge on any atom is 0.255 e. The van der Waals surface area contributed by atoms with Crippen LogP contribution in [0.25, 0.3) is 5.69 Å². The number of aromatic hydroxyl groups is 1. The SMILES string of the molecule is CCCCNC(=O)c1cc(C(C)(C)C)cc(-n2ccc(C)n2)c1O. The highest BCUT2D eigenvalue weighted by molar-refractivity contribution is 5.98. The van der Waals surface area contributed by atoms with Gasteiger partial charge >= 0.3 is 0 Å². The van der Waals surface area contributed by atoms with Crippen LogP contribution in [-0.4, -0.2) is 27.3 Å². The molecule has 1 aromatic carbocycles. The summed E-state index contributed by atoms with van der Waals surface area (Å²) in [4.78, 5) is 12.5. The molecule has 5 heteroatoms. The van der Waals surface area contributed by atoms with Gasteiger partial charge < -0.3 is 10.4 Å². The predicted octanol–water partition coefficient (Wildman–Crippen LogP) is 3.71. The Morgan fingerprint density at radius 3 is 2.58 bits per heavy atom. The van der Waals surface area contributed by atoms with Crippen molar-refractivity contribution >= 4 is 5.91 Å². The van der Waals surface area contributed by atoms with Crippen molar-refractivity contribution in [3.05, 3.63) is 41.2 Å². The van der Waals surface area contributed by atoms with E-state index in [4.69, 9.17) is 0 Å². The molecule has 0 aliphatic carbocycles. The predicted molar refractivity (Wildman–Crippen MR) is 95.9 cm³/mol. The van der Waals surface area contributed by atoms with Crippen LogP contribution in [0, 0.1) is 6.92 Å². The molecule has 0 bridgehead atoms. The molecule has 0 spiro atoms. The van der Waals surface area contributed by atoms with Crippen molar-refractivity contribution in [3.63, 3.8) is 0 Å². The van der Waals surface area contributed by atoms with Gasteiger partial charge in [0.05, 0.1) is 11.3 Å². The van der Waals surface area contributed by atoms with Crippen molar-refractivity contribution in [1.29, 1.82) is 0 Å². The fourth-order valence-corrected chi connectivity index (χ4v) is 2.42. The Hall–Kier alpha value is -2.30. The number of carbonyl (C=O) groups excluding carboxylic acids is 1. The molecule has 0 atom stereocenters. The number of aromatic nitrogens is 2. The average molecular weight is 329 g/mol. The lowest BCUT2D eigenvalue weighted by Crippen LogP contribution is -2.25. The first-order valence-corrected chi connectivity index (χ1v) is 8.42. The molecule has 5 nitrogen and oxygen atoms in total. The minimum atomic E-state index is -0.253. The van der Waals surface area contributed by atoms with Gasteiger partial charge in [-0.05, 0) is 42.5 Å². The van der Waals surface area contributed by atoms with E-state index in [1.165, 1.54) is 0 Å². The summed E-state index contributed by atoms with van der Waals surface area (Å²) < 4.78 is 1.61. The molecule has 1 amide bonds. The van der Waals surface area contributed by atoms with Crippen LogP contribution in [0.3, 0.4) is 0 Å². The fourth-order valence-electron chi connectivity index (χ4n) is 2.42. The van der Waals surface area contributed by atoms with Gasteiger partial charge in [0.2, 0.25) is 0 Å². The van der Waals surface area contributed by atoms with Crippen LogP contribution in [0.2, 0.25) is 0 Å². The third kappa shape index (κ3) is 3.96. The van der Waals surface area contributed by atoms with Gasteiger partial charge in [0.25, 0.3) is 5.91 Å². The van der Waals surface area contributed by atoms with E-state index in [9.17, 15) is 9.90 Å².